The maximum atomic E-state index is 12.8. The van der Waals surface area contributed by atoms with Crippen molar-refractivity contribution < 1.29 is 9.21 Å². The molecule has 0 saturated carbocycles. The molecular weight excluding hydrogens is 386 g/mol. The summed E-state index contributed by atoms with van der Waals surface area (Å²) >= 11 is 0. The average molecular weight is 412 g/mol. The minimum absolute atomic E-state index is 0.119. The number of para-hydroxylation sites is 1. The first-order valence-electron chi connectivity index (χ1n) is 10.7. The van der Waals surface area contributed by atoms with Gasteiger partial charge in [-0.25, -0.2) is 0 Å². The Kier molecular flexibility index (Phi) is 5.50. The van der Waals surface area contributed by atoms with Crippen LogP contribution in [0.5, 0.6) is 0 Å². The summed E-state index contributed by atoms with van der Waals surface area (Å²) in [5, 5.41) is 4.21. The Labute approximate surface area is 181 Å². The number of carbonyl (C=O) groups is 1. The smallest absolute Gasteiger partial charge is 0.224 e. The summed E-state index contributed by atoms with van der Waals surface area (Å²) < 4.78 is 6.01. The molecule has 2 aromatic carbocycles. The van der Waals surface area contributed by atoms with Gasteiger partial charge in [0.2, 0.25) is 5.91 Å². The fraction of sp³-hybridized carbons (Fsp3) is 0.231. The van der Waals surface area contributed by atoms with Crippen LogP contribution in [0.2, 0.25) is 0 Å². The number of aromatic nitrogens is 1. The van der Waals surface area contributed by atoms with E-state index in [1.807, 2.05) is 42.6 Å². The van der Waals surface area contributed by atoms with E-state index in [-0.39, 0.29) is 11.8 Å². The quantitative estimate of drug-likeness (QED) is 0.532. The SMILES string of the molecule is O=C1NCCN(Cc2cc3ccccc3o2)CC1Cc1ccccc1-c1cccnc1. The van der Waals surface area contributed by atoms with Crippen molar-refractivity contribution >= 4 is 16.9 Å². The summed E-state index contributed by atoms with van der Waals surface area (Å²) in [6, 6.07) is 22.5. The number of hydrogen-bond acceptors (Lipinski definition) is 4. The molecule has 5 heteroatoms. The number of furan rings is 1. The van der Waals surface area contributed by atoms with Gasteiger partial charge in [-0.1, -0.05) is 48.5 Å². The third kappa shape index (κ3) is 4.37. The highest BCUT2D eigenvalue weighted by Crippen LogP contribution is 2.26. The second-order valence-electron chi connectivity index (χ2n) is 8.08. The van der Waals surface area contributed by atoms with Crippen molar-refractivity contribution in [1.82, 2.24) is 15.2 Å². The second-order valence-corrected chi connectivity index (χ2v) is 8.08. The molecule has 1 amide bonds. The highest BCUT2D eigenvalue weighted by atomic mass is 16.3. The predicted molar refractivity (Wildman–Crippen MR) is 121 cm³/mol. The molecule has 2 aromatic heterocycles. The van der Waals surface area contributed by atoms with Crippen molar-refractivity contribution in [3.8, 4) is 11.1 Å². The zero-order valence-electron chi connectivity index (χ0n) is 17.3. The zero-order chi connectivity index (χ0) is 21.0. The Morgan fingerprint density at radius 2 is 1.94 bits per heavy atom. The van der Waals surface area contributed by atoms with Gasteiger partial charge in [0.15, 0.2) is 0 Å². The Morgan fingerprint density at radius 3 is 2.81 bits per heavy atom. The van der Waals surface area contributed by atoms with Crippen molar-refractivity contribution in [1.29, 1.82) is 0 Å². The standard InChI is InChI=1S/C26H25N3O2/c30-26-22(14-19-6-1-3-9-24(19)21-8-5-11-27-16-21)17-29(13-12-28-26)18-23-15-20-7-2-4-10-25(20)31-23/h1-11,15-16,22H,12-14,17-18H2,(H,28,30). The molecule has 5 nitrogen and oxygen atoms in total. The molecule has 0 bridgehead atoms. The van der Waals surface area contributed by atoms with Crippen molar-refractivity contribution in [2.24, 2.45) is 5.92 Å². The molecule has 1 saturated heterocycles. The molecule has 0 aliphatic carbocycles. The first kappa shape index (κ1) is 19.5. The number of nitrogens with zero attached hydrogens (tertiary/aromatic N) is 2. The van der Waals surface area contributed by atoms with Crippen molar-refractivity contribution in [2.75, 3.05) is 19.6 Å². The Hall–Kier alpha value is -3.44. The molecule has 5 rings (SSSR count). The van der Waals surface area contributed by atoms with Gasteiger partial charge in [-0.3, -0.25) is 14.7 Å². The van der Waals surface area contributed by atoms with Crippen LogP contribution in [0, 0.1) is 5.92 Å². The lowest BCUT2D eigenvalue weighted by atomic mass is 9.92. The summed E-state index contributed by atoms with van der Waals surface area (Å²) in [6.07, 6.45) is 4.34. The van der Waals surface area contributed by atoms with Crippen molar-refractivity contribution in [3.63, 3.8) is 0 Å². The fourth-order valence-corrected chi connectivity index (χ4v) is 4.37. The van der Waals surface area contributed by atoms with E-state index in [9.17, 15) is 4.79 Å². The molecule has 3 heterocycles. The highest BCUT2D eigenvalue weighted by molar-refractivity contribution is 5.80. The first-order valence-corrected chi connectivity index (χ1v) is 10.7. The van der Waals surface area contributed by atoms with Gasteiger partial charge < -0.3 is 9.73 Å². The predicted octanol–water partition coefficient (Wildman–Crippen LogP) is 4.29. The van der Waals surface area contributed by atoms with Crippen LogP contribution >= 0.6 is 0 Å². The molecule has 156 valence electrons. The second kappa shape index (κ2) is 8.74. The molecule has 31 heavy (non-hydrogen) atoms. The normalized spacial score (nSPS) is 17.4. The van der Waals surface area contributed by atoms with Crippen LogP contribution in [0.15, 0.2) is 83.5 Å². The van der Waals surface area contributed by atoms with E-state index in [0.717, 1.165) is 34.4 Å². The van der Waals surface area contributed by atoms with Gasteiger partial charge in [0, 0.05) is 43.0 Å². The van der Waals surface area contributed by atoms with Gasteiger partial charge in [-0.2, -0.15) is 0 Å². The van der Waals surface area contributed by atoms with E-state index >= 15 is 0 Å². The topological polar surface area (TPSA) is 58.4 Å². The van der Waals surface area contributed by atoms with Crippen LogP contribution in [-0.2, 0) is 17.8 Å². The van der Waals surface area contributed by atoms with E-state index < -0.39 is 0 Å². The molecule has 1 N–H and O–H groups in total. The van der Waals surface area contributed by atoms with Gasteiger partial charge in [-0.05, 0) is 35.7 Å². The van der Waals surface area contributed by atoms with Crippen LogP contribution in [-0.4, -0.2) is 35.4 Å². The van der Waals surface area contributed by atoms with E-state index in [1.54, 1.807) is 6.20 Å². The number of rotatable bonds is 5. The largest absolute Gasteiger partial charge is 0.460 e. The summed E-state index contributed by atoms with van der Waals surface area (Å²) in [5.41, 5.74) is 4.28. The maximum Gasteiger partial charge on any atom is 0.224 e. The average Bonchev–Trinajstić information content (AvgIpc) is 3.13. The number of amides is 1. The van der Waals surface area contributed by atoms with Crippen molar-refractivity contribution in [3.05, 3.63) is 90.4 Å². The molecule has 4 aromatic rings. The van der Waals surface area contributed by atoms with Crippen LogP contribution in [0.1, 0.15) is 11.3 Å². The Morgan fingerprint density at radius 1 is 1.06 bits per heavy atom. The summed E-state index contributed by atoms with van der Waals surface area (Å²) in [7, 11) is 0. The van der Waals surface area contributed by atoms with E-state index in [1.165, 1.54) is 5.56 Å². The minimum Gasteiger partial charge on any atom is -0.460 e. The maximum absolute atomic E-state index is 12.8. The number of pyridine rings is 1. The van der Waals surface area contributed by atoms with Gasteiger partial charge >= 0.3 is 0 Å². The van der Waals surface area contributed by atoms with Gasteiger partial charge in [0.05, 0.1) is 12.5 Å². The lowest BCUT2D eigenvalue weighted by Crippen LogP contribution is -2.33. The number of nitrogens with one attached hydrogen (secondary N) is 1. The van der Waals surface area contributed by atoms with Crippen LogP contribution in [0.25, 0.3) is 22.1 Å². The third-order valence-electron chi connectivity index (χ3n) is 5.89. The lowest BCUT2D eigenvalue weighted by molar-refractivity contribution is -0.124. The van der Waals surface area contributed by atoms with Gasteiger partial charge in [0.25, 0.3) is 0 Å². The molecule has 0 radical (unpaired) electrons. The lowest BCUT2D eigenvalue weighted by Gasteiger charge is -2.22. The summed E-state index contributed by atoms with van der Waals surface area (Å²) in [6.45, 7) is 2.86. The molecular formula is C26H25N3O2. The fourth-order valence-electron chi connectivity index (χ4n) is 4.37. The number of fused-ring (bicyclic) bond motifs is 1. The van der Waals surface area contributed by atoms with Gasteiger partial charge in [0.1, 0.15) is 11.3 Å². The number of hydrogen-bond donors (Lipinski definition) is 1. The highest BCUT2D eigenvalue weighted by Gasteiger charge is 2.26. The Bertz CT molecular complexity index is 1150. The monoisotopic (exact) mass is 411 g/mol. The summed E-state index contributed by atoms with van der Waals surface area (Å²) in [4.78, 5) is 19.4. The number of benzene rings is 2. The molecule has 1 fully saturated rings. The van der Waals surface area contributed by atoms with E-state index in [2.05, 4.69) is 45.5 Å². The van der Waals surface area contributed by atoms with Crippen LogP contribution in [0.4, 0.5) is 0 Å². The zero-order valence-corrected chi connectivity index (χ0v) is 17.3. The molecule has 1 aliphatic heterocycles. The molecule has 1 aliphatic rings. The molecule has 0 spiro atoms. The minimum atomic E-state index is -0.121. The van der Waals surface area contributed by atoms with E-state index in [0.29, 0.717) is 26.1 Å². The number of carbonyl (C=O) groups excluding carboxylic acids is 1. The Balaban J connectivity index is 1.36. The first-order chi connectivity index (χ1) is 15.3. The van der Waals surface area contributed by atoms with Gasteiger partial charge in [-0.15, -0.1) is 0 Å². The summed E-state index contributed by atoms with van der Waals surface area (Å²) in [5.74, 6) is 0.933. The van der Waals surface area contributed by atoms with Crippen molar-refractivity contribution in [2.45, 2.75) is 13.0 Å². The molecule has 1 atom stereocenters. The molecule has 1 unspecified atom stereocenters. The van der Waals surface area contributed by atoms with Crippen LogP contribution in [0.3, 0.4) is 0 Å². The van der Waals surface area contributed by atoms with E-state index in [4.69, 9.17) is 4.42 Å². The third-order valence-corrected chi connectivity index (χ3v) is 5.89. The van der Waals surface area contributed by atoms with Crippen LogP contribution < -0.4 is 5.32 Å².